The summed E-state index contributed by atoms with van der Waals surface area (Å²) in [6.45, 7) is 0. The molecule has 66 valence electrons. The SMILES string of the molecule is O=S(O)Cc1nc(Cl)cc(Cl)n1. The first-order chi connectivity index (χ1) is 5.58. The first-order valence-electron chi connectivity index (χ1n) is 2.84. The van der Waals surface area contributed by atoms with E-state index in [1.54, 1.807) is 0 Å². The first-order valence-corrected chi connectivity index (χ1v) is 4.87. The zero-order valence-electron chi connectivity index (χ0n) is 5.70. The van der Waals surface area contributed by atoms with Gasteiger partial charge in [0.1, 0.15) is 21.9 Å². The third-order valence-corrected chi connectivity index (χ3v) is 1.85. The summed E-state index contributed by atoms with van der Waals surface area (Å²) in [6, 6.07) is 1.35. The monoisotopic (exact) mass is 226 g/mol. The standard InChI is InChI=1S/C5H4Cl2N2O2S/c6-3-1-4(7)9-5(8-3)2-12(10)11/h1H,2H2,(H,10,11). The highest BCUT2D eigenvalue weighted by molar-refractivity contribution is 7.78. The fourth-order valence-corrected chi connectivity index (χ4v) is 1.42. The summed E-state index contributed by atoms with van der Waals surface area (Å²) >= 11 is 9.06. The van der Waals surface area contributed by atoms with Gasteiger partial charge in [0.05, 0.1) is 0 Å². The molecule has 12 heavy (non-hydrogen) atoms. The normalized spacial score (nSPS) is 12.9. The van der Waals surface area contributed by atoms with Crippen molar-refractivity contribution in [3.8, 4) is 0 Å². The van der Waals surface area contributed by atoms with Crippen molar-refractivity contribution >= 4 is 34.3 Å². The average molecular weight is 227 g/mol. The first kappa shape index (κ1) is 9.85. The van der Waals surface area contributed by atoms with Crippen molar-refractivity contribution in [3.63, 3.8) is 0 Å². The Balaban J connectivity index is 2.93. The summed E-state index contributed by atoms with van der Waals surface area (Å²) < 4.78 is 18.8. The van der Waals surface area contributed by atoms with E-state index in [1.807, 2.05) is 0 Å². The van der Waals surface area contributed by atoms with Crippen molar-refractivity contribution in [1.82, 2.24) is 9.97 Å². The predicted molar refractivity (Wildman–Crippen MR) is 46.5 cm³/mol. The quantitative estimate of drug-likeness (QED) is 0.614. The molecule has 0 aliphatic rings. The Kier molecular flexibility index (Phi) is 3.39. The second-order valence-corrected chi connectivity index (χ2v) is 3.60. The molecule has 0 amide bonds. The predicted octanol–water partition coefficient (Wildman–Crippen LogP) is 1.51. The largest absolute Gasteiger partial charge is 0.306 e. The van der Waals surface area contributed by atoms with Crippen molar-refractivity contribution in [2.75, 3.05) is 0 Å². The second kappa shape index (κ2) is 4.13. The molecule has 0 bridgehead atoms. The third-order valence-electron chi connectivity index (χ3n) is 0.963. The maximum atomic E-state index is 10.3. The van der Waals surface area contributed by atoms with Gasteiger partial charge in [0.25, 0.3) is 0 Å². The van der Waals surface area contributed by atoms with Crippen LogP contribution in [0.15, 0.2) is 6.07 Å². The third kappa shape index (κ3) is 3.02. The summed E-state index contributed by atoms with van der Waals surface area (Å²) in [5.74, 6) is -0.00590. The second-order valence-electron chi connectivity index (χ2n) is 1.90. The Morgan fingerprint density at radius 2 is 1.92 bits per heavy atom. The average Bonchev–Trinajstić information content (AvgIpc) is 1.81. The van der Waals surface area contributed by atoms with Crippen LogP contribution in [0, 0.1) is 0 Å². The summed E-state index contributed by atoms with van der Waals surface area (Å²) in [4.78, 5) is 7.38. The maximum absolute atomic E-state index is 10.3. The van der Waals surface area contributed by atoms with E-state index in [0.29, 0.717) is 0 Å². The summed E-state index contributed by atoms with van der Waals surface area (Å²) in [7, 11) is 0. The van der Waals surface area contributed by atoms with Crippen LogP contribution in [0.2, 0.25) is 10.3 Å². The molecule has 1 aromatic rings. The van der Waals surface area contributed by atoms with Gasteiger partial charge >= 0.3 is 0 Å². The van der Waals surface area contributed by atoms with Crippen molar-refractivity contribution in [3.05, 3.63) is 22.2 Å². The van der Waals surface area contributed by atoms with Gasteiger partial charge in [0.15, 0.2) is 11.1 Å². The molecule has 0 aliphatic carbocycles. The molecule has 1 N–H and O–H groups in total. The van der Waals surface area contributed by atoms with Crippen LogP contribution in [0.5, 0.6) is 0 Å². The van der Waals surface area contributed by atoms with Gasteiger partial charge in [-0.2, -0.15) is 0 Å². The molecule has 1 aromatic heterocycles. The number of aromatic nitrogens is 2. The van der Waals surface area contributed by atoms with Gasteiger partial charge < -0.3 is 4.55 Å². The van der Waals surface area contributed by atoms with Crippen LogP contribution in [-0.4, -0.2) is 18.7 Å². The molecule has 1 heterocycles. The van der Waals surface area contributed by atoms with Gasteiger partial charge in [-0.15, -0.1) is 0 Å². The van der Waals surface area contributed by atoms with E-state index < -0.39 is 11.1 Å². The smallest absolute Gasteiger partial charge is 0.160 e. The van der Waals surface area contributed by atoms with Crippen LogP contribution >= 0.6 is 23.2 Å². The Labute approximate surface area is 81.2 Å². The van der Waals surface area contributed by atoms with Gasteiger partial charge in [-0.3, -0.25) is 0 Å². The maximum Gasteiger partial charge on any atom is 0.160 e. The highest BCUT2D eigenvalue weighted by Crippen LogP contribution is 2.11. The zero-order chi connectivity index (χ0) is 9.14. The van der Waals surface area contributed by atoms with Crippen LogP contribution in [-0.2, 0) is 16.8 Å². The van der Waals surface area contributed by atoms with Crippen molar-refractivity contribution in [1.29, 1.82) is 0 Å². The molecule has 0 saturated heterocycles. The number of nitrogens with zero attached hydrogens (tertiary/aromatic N) is 2. The van der Waals surface area contributed by atoms with E-state index in [4.69, 9.17) is 27.8 Å². The highest BCUT2D eigenvalue weighted by Gasteiger charge is 2.04. The Bertz CT molecular complexity index is 300. The topological polar surface area (TPSA) is 63.1 Å². The van der Waals surface area contributed by atoms with Crippen molar-refractivity contribution in [2.45, 2.75) is 5.75 Å². The van der Waals surface area contributed by atoms with E-state index >= 15 is 0 Å². The molecule has 0 spiro atoms. The molecule has 0 radical (unpaired) electrons. The minimum absolute atomic E-state index is 0.160. The molecule has 0 fully saturated rings. The Morgan fingerprint density at radius 3 is 2.33 bits per heavy atom. The molecular weight excluding hydrogens is 223 g/mol. The minimum Gasteiger partial charge on any atom is -0.306 e. The number of hydrogen-bond donors (Lipinski definition) is 1. The molecule has 0 aromatic carbocycles. The molecule has 1 rings (SSSR count). The van der Waals surface area contributed by atoms with E-state index in [9.17, 15) is 4.21 Å². The van der Waals surface area contributed by atoms with E-state index in [0.717, 1.165) is 0 Å². The minimum atomic E-state index is -1.98. The molecule has 0 saturated carbocycles. The van der Waals surface area contributed by atoms with E-state index in [-0.39, 0.29) is 21.9 Å². The summed E-state index contributed by atoms with van der Waals surface area (Å²) in [5, 5.41) is 0.325. The van der Waals surface area contributed by atoms with Gasteiger partial charge in [0.2, 0.25) is 0 Å². The lowest BCUT2D eigenvalue weighted by atomic mass is 10.6. The number of halogens is 2. The lowest BCUT2D eigenvalue weighted by Crippen LogP contribution is -1.99. The lowest BCUT2D eigenvalue weighted by molar-refractivity contribution is 0.562. The number of hydrogen-bond acceptors (Lipinski definition) is 3. The molecule has 1 atom stereocenters. The van der Waals surface area contributed by atoms with Gasteiger partial charge in [-0.1, -0.05) is 23.2 Å². The van der Waals surface area contributed by atoms with Crippen LogP contribution < -0.4 is 0 Å². The molecule has 1 unspecified atom stereocenters. The van der Waals surface area contributed by atoms with Gasteiger partial charge in [-0.05, 0) is 0 Å². The van der Waals surface area contributed by atoms with Gasteiger partial charge in [-0.25, -0.2) is 14.2 Å². The fourth-order valence-electron chi connectivity index (χ4n) is 0.609. The Morgan fingerprint density at radius 1 is 1.42 bits per heavy atom. The van der Waals surface area contributed by atoms with E-state index in [1.165, 1.54) is 6.07 Å². The lowest BCUT2D eigenvalue weighted by Gasteiger charge is -1.96. The summed E-state index contributed by atoms with van der Waals surface area (Å²) in [6.07, 6.45) is 0. The van der Waals surface area contributed by atoms with Gasteiger partial charge in [0, 0.05) is 6.07 Å². The van der Waals surface area contributed by atoms with Crippen LogP contribution in [0.25, 0.3) is 0 Å². The number of rotatable bonds is 2. The van der Waals surface area contributed by atoms with Crippen LogP contribution in [0.1, 0.15) is 5.82 Å². The molecule has 0 aliphatic heterocycles. The molecule has 4 nitrogen and oxygen atoms in total. The highest BCUT2D eigenvalue weighted by atomic mass is 35.5. The fraction of sp³-hybridized carbons (Fsp3) is 0.200. The van der Waals surface area contributed by atoms with Crippen LogP contribution in [0.3, 0.4) is 0 Å². The van der Waals surface area contributed by atoms with Crippen molar-refractivity contribution in [2.24, 2.45) is 0 Å². The van der Waals surface area contributed by atoms with Crippen LogP contribution in [0.4, 0.5) is 0 Å². The Hall–Kier alpha value is -0.230. The molecular formula is C5H4Cl2N2O2S. The zero-order valence-corrected chi connectivity index (χ0v) is 8.03. The van der Waals surface area contributed by atoms with Crippen molar-refractivity contribution < 1.29 is 8.76 Å². The molecule has 7 heteroatoms. The summed E-state index contributed by atoms with van der Waals surface area (Å²) in [5.41, 5.74) is 0. The van der Waals surface area contributed by atoms with E-state index in [2.05, 4.69) is 9.97 Å².